The van der Waals surface area contributed by atoms with Gasteiger partial charge in [0, 0.05) is 12.2 Å². The Morgan fingerprint density at radius 3 is 2.15 bits per heavy atom. The third-order valence-electron chi connectivity index (χ3n) is 5.54. The summed E-state index contributed by atoms with van der Waals surface area (Å²) in [5.74, 6) is -0.424. The van der Waals surface area contributed by atoms with Gasteiger partial charge >= 0.3 is 0 Å². The van der Waals surface area contributed by atoms with Crippen molar-refractivity contribution in [3.63, 3.8) is 0 Å². The summed E-state index contributed by atoms with van der Waals surface area (Å²) in [7, 11) is -3.91. The zero-order valence-corrected chi connectivity index (χ0v) is 20.5. The highest BCUT2D eigenvalue weighted by atomic mass is 32.2. The van der Waals surface area contributed by atoms with E-state index in [1.54, 1.807) is 38.1 Å². The standard InChI is InChI=1S/C27H29N3O3S/c1-20-17-21(2)27(22(3)18-20)34(32,33)30(16-14-23-7-5-4-6-8-23)19-26(31)29-25-11-9-24(10-12-25)13-15-28/h4-12,17-18H,13-14,16,19H2,1-3H3,(H,29,31). The van der Waals surface area contributed by atoms with E-state index in [-0.39, 0.29) is 24.4 Å². The van der Waals surface area contributed by atoms with Gasteiger partial charge in [0.2, 0.25) is 15.9 Å². The molecule has 6 nitrogen and oxygen atoms in total. The molecule has 0 bridgehead atoms. The molecule has 0 spiro atoms. The van der Waals surface area contributed by atoms with Crippen LogP contribution >= 0.6 is 0 Å². The predicted octanol–water partition coefficient (Wildman–Crippen LogP) is 4.55. The number of nitrogens with one attached hydrogen (secondary N) is 1. The fourth-order valence-corrected chi connectivity index (χ4v) is 5.85. The van der Waals surface area contributed by atoms with Crippen LogP contribution in [-0.4, -0.2) is 31.7 Å². The van der Waals surface area contributed by atoms with Gasteiger partial charge in [-0.05, 0) is 61.6 Å². The number of carbonyl (C=O) groups excluding carboxylic acids is 1. The lowest BCUT2D eigenvalue weighted by Gasteiger charge is -2.24. The van der Waals surface area contributed by atoms with Crippen LogP contribution in [0.5, 0.6) is 0 Å². The summed E-state index contributed by atoms with van der Waals surface area (Å²) in [5.41, 5.74) is 4.70. The average molecular weight is 476 g/mol. The maximum Gasteiger partial charge on any atom is 0.244 e. The second kappa shape index (κ2) is 11.1. The van der Waals surface area contributed by atoms with Crippen LogP contribution in [0.4, 0.5) is 5.69 Å². The van der Waals surface area contributed by atoms with Gasteiger partial charge in [-0.15, -0.1) is 0 Å². The molecule has 0 aromatic heterocycles. The van der Waals surface area contributed by atoms with Gasteiger partial charge in [-0.25, -0.2) is 8.42 Å². The SMILES string of the molecule is Cc1cc(C)c(S(=O)(=O)N(CCc2ccccc2)CC(=O)Nc2ccc(CC#N)cc2)c(C)c1. The van der Waals surface area contributed by atoms with Gasteiger partial charge in [0.1, 0.15) is 0 Å². The first kappa shape index (κ1) is 25.2. The highest BCUT2D eigenvalue weighted by molar-refractivity contribution is 7.89. The normalized spacial score (nSPS) is 11.3. The minimum absolute atomic E-state index is 0.174. The molecule has 34 heavy (non-hydrogen) atoms. The van der Waals surface area contributed by atoms with E-state index < -0.39 is 15.9 Å². The van der Waals surface area contributed by atoms with Crippen LogP contribution < -0.4 is 5.32 Å². The Bertz CT molecular complexity index is 1270. The summed E-state index contributed by atoms with van der Waals surface area (Å²) in [6, 6.07) is 22.3. The summed E-state index contributed by atoms with van der Waals surface area (Å²) in [6.07, 6.45) is 0.773. The van der Waals surface area contributed by atoms with E-state index in [0.29, 0.717) is 23.2 Å². The monoisotopic (exact) mass is 475 g/mol. The minimum atomic E-state index is -3.91. The summed E-state index contributed by atoms with van der Waals surface area (Å²) in [4.78, 5) is 13.1. The van der Waals surface area contributed by atoms with Crippen molar-refractivity contribution < 1.29 is 13.2 Å². The van der Waals surface area contributed by atoms with Crippen LogP contribution in [-0.2, 0) is 27.7 Å². The Balaban J connectivity index is 1.86. The first-order valence-corrected chi connectivity index (χ1v) is 12.5. The van der Waals surface area contributed by atoms with E-state index in [0.717, 1.165) is 16.7 Å². The lowest BCUT2D eigenvalue weighted by Crippen LogP contribution is -2.39. The Kier molecular flexibility index (Phi) is 8.21. The minimum Gasteiger partial charge on any atom is -0.325 e. The topological polar surface area (TPSA) is 90.3 Å². The second-order valence-electron chi connectivity index (χ2n) is 8.38. The van der Waals surface area contributed by atoms with Gasteiger partial charge in [0.25, 0.3) is 0 Å². The van der Waals surface area contributed by atoms with Crippen LogP contribution in [0, 0.1) is 32.1 Å². The zero-order valence-electron chi connectivity index (χ0n) is 19.7. The van der Waals surface area contributed by atoms with Crippen molar-refractivity contribution in [2.24, 2.45) is 0 Å². The molecule has 3 aromatic carbocycles. The van der Waals surface area contributed by atoms with Gasteiger partial charge in [-0.1, -0.05) is 60.2 Å². The molecule has 1 amide bonds. The third-order valence-corrected chi connectivity index (χ3v) is 7.69. The maximum atomic E-state index is 13.7. The number of rotatable bonds is 9. The number of nitriles is 1. The fourth-order valence-electron chi connectivity index (χ4n) is 4.04. The number of benzene rings is 3. The molecule has 1 N–H and O–H groups in total. The van der Waals surface area contributed by atoms with Gasteiger partial charge in [0.15, 0.2) is 0 Å². The Labute approximate surface area is 201 Å². The quantitative estimate of drug-likeness (QED) is 0.492. The number of carbonyl (C=O) groups is 1. The number of anilines is 1. The van der Waals surface area contributed by atoms with Crippen molar-refractivity contribution in [3.05, 3.63) is 94.5 Å². The summed E-state index contributed by atoms with van der Waals surface area (Å²) >= 11 is 0. The Morgan fingerprint density at radius 2 is 1.56 bits per heavy atom. The molecular weight excluding hydrogens is 446 g/mol. The molecule has 3 aromatic rings. The lowest BCUT2D eigenvalue weighted by atomic mass is 10.1. The number of hydrogen-bond acceptors (Lipinski definition) is 4. The highest BCUT2D eigenvalue weighted by Crippen LogP contribution is 2.25. The fraction of sp³-hybridized carbons (Fsp3) is 0.259. The summed E-state index contributed by atoms with van der Waals surface area (Å²) in [6.45, 7) is 5.37. The molecule has 0 unspecified atom stereocenters. The second-order valence-corrected chi connectivity index (χ2v) is 10.3. The Morgan fingerprint density at radius 1 is 0.941 bits per heavy atom. The van der Waals surface area contributed by atoms with Gasteiger partial charge in [0.05, 0.1) is 23.9 Å². The number of amides is 1. The molecule has 176 valence electrons. The largest absolute Gasteiger partial charge is 0.325 e. The van der Waals surface area contributed by atoms with Crippen molar-refractivity contribution in [2.75, 3.05) is 18.4 Å². The average Bonchev–Trinajstić information content (AvgIpc) is 2.78. The smallest absolute Gasteiger partial charge is 0.244 e. The molecular formula is C27H29N3O3S. The molecule has 0 atom stereocenters. The number of sulfonamides is 1. The van der Waals surface area contributed by atoms with Gasteiger partial charge in [-0.3, -0.25) is 4.79 Å². The zero-order chi connectivity index (χ0) is 24.7. The van der Waals surface area contributed by atoms with Crippen molar-refractivity contribution >= 4 is 21.6 Å². The number of aryl methyl sites for hydroxylation is 3. The Hall–Kier alpha value is -3.47. The molecule has 3 rings (SSSR count). The first-order chi connectivity index (χ1) is 16.2. The predicted molar refractivity (Wildman–Crippen MR) is 134 cm³/mol. The van der Waals surface area contributed by atoms with Crippen LogP contribution in [0.2, 0.25) is 0 Å². The van der Waals surface area contributed by atoms with Gasteiger partial charge in [-0.2, -0.15) is 9.57 Å². The van der Waals surface area contributed by atoms with Crippen molar-refractivity contribution in [3.8, 4) is 6.07 Å². The molecule has 0 fully saturated rings. The van der Waals surface area contributed by atoms with E-state index in [9.17, 15) is 13.2 Å². The molecule has 0 aliphatic rings. The third kappa shape index (κ3) is 6.31. The lowest BCUT2D eigenvalue weighted by molar-refractivity contribution is -0.116. The van der Waals surface area contributed by atoms with Crippen molar-refractivity contribution in [1.82, 2.24) is 4.31 Å². The first-order valence-electron chi connectivity index (χ1n) is 11.1. The van der Waals surface area contributed by atoms with E-state index in [2.05, 4.69) is 11.4 Å². The molecule has 0 radical (unpaired) electrons. The van der Waals surface area contributed by atoms with Crippen LogP contribution in [0.1, 0.15) is 27.8 Å². The maximum absolute atomic E-state index is 13.7. The van der Waals surface area contributed by atoms with Crippen molar-refractivity contribution in [1.29, 1.82) is 5.26 Å². The number of nitrogens with zero attached hydrogens (tertiary/aromatic N) is 2. The van der Waals surface area contributed by atoms with Crippen LogP contribution in [0.3, 0.4) is 0 Å². The molecule has 0 aliphatic carbocycles. The van der Waals surface area contributed by atoms with Crippen LogP contribution in [0.25, 0.3) is 0 Å². The van der Waals surface area contributed by atoms with E-state index in [4.69, 9.17) is 5.26 Å². The molecule has 0 saturated carbocycles. The van der Waals surface area contributed by atoms with Gasteiger partial charge < -0.3 is 5.32 Å². The molecule has 7 heteroatoms. The molecule has 0 heterocycles. The van der Waals surface area contributed by atoms with E-state index in [1.807, 2.05) is 49.4 Å². The molecule has 0 aliphatic heterocycles. The van der Waals surface area contributed by atoms with Crippen LogP contribution in [0.15, 0.2) is 71.6 Å². The highest BCUT2D eigenvalue weighted by Gasteiger charge is 2.29. The molecule has 0 saturated heterocycles. The van der Waals surface area contributed by atoms with Crippen molar-refractivity contribution in [2.45, 2.75) is 38.5 Å². The summed E-state index contributed by atoms with van der Waals surface area (Å²) in [5, 5.41) is 11.6. The summed E-state index contributed by atoms with van der Waals surface area (Å²) < 4.78 is 28.7. The van der Waals surface area contributed by atoms with E-state index >= 15 is 0 Å². The van der Waals surface area contributed by atoms with E-state index in [1.165, 1.54) is 4.31 Å². The number of hydrogen-bond donors (Lipinski definition) is 1.